The van der Waals surface area contributed by atoms with E-state index in [9.17, 15) is 19.2 Å². The molecule has 0 aromatic heterocycles. The Morgan fingerprint density at radius 2 is 0.655 bits per heavy atom. The van der Waals surface area contributed by atoms with Crippen LogP contribution in [0.1, 0.15) is 6.92 Å². The van der Waals surface area contributed by atoms with Crippen molar-refractivity contribution in [2.75, 3.05) is 39.3 Å². The monoisotopic (exact) mass is 437 g/mol. The maximum atomic E-state index is 10.6. The molecule has 0 aliphatic rings. The zero-order chi connectivity index (χ0) is 19.3. The molecule has 0 aliphatic heterocycles. The number of carboxylic acid groups (broad SMARTS) is 5. The van der Waals surface area contributed by atoms with Gasteiger partial charge in [0.15, 0.2) is 0 Å². The van der Waals surface area contributed by atoms with E-state index in [1.807, 2.05) is 0 Å². The summed E-state index contributed by atoms with van der Waals surface area (Å²) < 4.78 is 0. The van der Waals surface area contributed by atoms with Gasteiger partial charge in [-0.05, 0) is 0 Å². The van der Waals surface area contributed by atoms with E-state index >= 15 is 0 Å². The minimum atomic E-state index is -1.23. The third-order valence-electron chi connectivity index (χ3n) is 2.17. The average molecular weight is 437 g/mol. The van der Waals surface area contributed by atoms with Gasteiger partial charge in [0.25, 0.3) is 5.97 Å². The number of hydrogen-bond donors (Lipinski definition) is 10. The summed E-state index contributed by atoms with van der Waals surface area (Å²) in [5.74, 6) is -5.74. The third-order valence-corrected chi connectivity index (χ3v) is 2.17. The quantitative estimate of drug-likeness (QED) is 0.182. The van der Waals surface area contributed by atoms with Crippen LogP contribution in [0.3, 0.4) is 0 Å². The molecule has 0 aromatic carbocycles. The number of hydrogen-bond acceptors (Lipinski definition) is 12. The number of rotatable bonds is 11. The van der Waals surface area contributed by atoms with Gasteiger partial charge in [-0.15, -0.1) is 0 Å². The lowest BCUT2D eigenvalue weighted by molar-refractivity contribution is -0.145. The van der Waals surface area contributed by atoms with Gasteiger partial charge < -0.3 is 56.3 Å². The van der Waals surface area contributed by atoms with E-state index in [1.54, 1.807) is 0 Å². The molecule has 17 nitrogen and oxygen atoms in total. The smallest absolute Gasteiger partial charge is 0.317 e. The first-order valence-electron chi connectivity index (χ1n) is 6.45. The van der Waals surface area contributed by atoms with E-state index in [0.717, 1.165) is 16.7 Å². The van der Waals surface area contributed by atoms with Crippen molar-refractivity contribution < 1.29 is 49.5 Å². The molecule has 0 amide bonds. The van der Waals surface area contributed by atoms with Crippen LogP contribution in [-0.2, 0) is 24.0 Å². The summed E-state index contributed by atoms with van der Waals surface area (Å²) in [6.07, 6.45) is 0. The maximum absolute atomic E-state index is 10.6. The molecule has 0 radical (unpaired) electrons. The van der Waals surface area contributed by atoms with Crippen LogP contribution in [-0.4, -0.2) is 104 Å². The van der Waals surface area contributed by atoms with Crippen LogP contribution < -0.4 is 30.8 Å². The second-order valence-corrected chi connectivity index (χ2v) is 4.52. The number of aliphatic carboxylic acids is 5. The molecule has 29 heavy (non-hydrogen) atoms. The van der Waals surface area contributed by atoms with Crippen LogP contribution in [0.15, 0.2) is 0 Å². The molecule has 0 unspecified atom stereocenters. The fraction of sp³-hybridized carbons (Fsp3) is 0.583. The lowest BCUT2D eigenvalue weighted by Crippen LogP contribution is -2.43. The Labute approximate surface area is 167 Å². The molecule has 0 fully saturated rings. The Bertz CT molecular complexity index is 406. The first kappa shape index (κ1) is 45.1. The Morgan fingerprint density at radius 3 is 0.759 bits per heavy atom. The van der Waals surface area contributed by atoms with Crippen molar-refractivity contribution in [2.24, 2.45) is 0 Å². The predicted molar refractivity (Wildman–Crippen MR) is 102 cm³/mol. The molecule has 0 aliphatic carbocycles. The molecular formula is C12H35N7O10. The Kier molecular flexibility index (Phi) is 38.9. The van der Waals surface area contributed by atoms with E-state index in [2.05, 4.69) is 0 Å². The molecular weight excluding hydrogens is 402 g/mol. The Hall–Kier alpha value is -2.93. The number of carbonyl (C=O) groups is 5. The van der Waals surface area contributed by atoms with Crippen molar-refractivity contribution in [3.63, 3.8) is 0 Å². The number of carboxylic acids is 5. The van der Waals surface area contributed by atoms with Gasteiger partial charge >= 0.3 is 23.9 Å². The van der Waals surface area contributed by atoms with Crippen molar-refractivity contribution in [1.82, 2.24) is 40.6 Å². The average Bonchev–Trinajstić information content (AvgIpc) is 2.32. The molecule has 178 valence electrons. The molecule has 0 rings (SSSR count). The summed E-state index contributed by atoms with van der Waals surface area (Å²) in [6.45, 7) is -1.17. The van der Waals surface area contributed by atoms with Gasteiger partial charge in [0, 0.05) is 20.0 Å². The Morgan fingerprint density at radius 1 is 0.517 bits per heavy atom. The standard InChI is InChI=1S/C10H16N2O8.C2H4O2.5H3N/c13-7(14)3-11(4-8(15)16)1-2-12(5-9(17)18)6-10(19)20;1-2(3)4;;;;;/h1-6H2,(H,13,14)(H,15,16)(H,17,18)(H,19,20);1H3,(H,3,4);5*1H3. The number of nitrogens with zero attached hydrogens (tertiary/aromatic N) is 2. The molecule has 0 heterocycles. The van der Waals surface area contributed by atoms with Gasteiger partial charge in [-0.3, -0.25) is 33.8 Å². The van der Waals surface area contributed by atoms with Gasteiger partial charge in [0.05, 0.1) is 26.2 Å². The van der Waals surface area contributed by atoms with Crippen molar-refractivity contribution in [1.29, 1.82) is 0 Å². The van der Waals surface area contributed by atoms with Crippen molar-refractivity contribution in [3.05, 3.63) is 0 Å². The second-order valence-electron chi connectivity index (χ2n) is 4.52. The Balaban J connectivity index is -0.0000000982. The van der Waals surface area contributed by atoms with Crippen LogP contribution in [0.25, 0.3) is 0 Å². The SMILES string of the molecule is CC(=O)O.N.N.N.N.N.O=C(O)CN(CCN(CC(=O)O)CC(=O)O)CC(=O)O. The highest BCUT2D eigenvalue weighted by Crippen LogP contribution is 1.94. The van der Waals surface area contributed by atoms with Gasteiger partial charge in [0.2, 0.25) is 0 Å². The van der Waals surface area contributed by atoms with Crippen molar-refractivity contribution in [3.8, 4) is 0 Å². The summed E-state index contributed by atoms with van der Waals surface area (Å²) in [6, 6.07) is 0. The topological polar surface area (TPSA) is 368 Å². The first-order valence-corrected chi connectivity index (χ1v) is 6.45. The minimum Gasteiger partial charge on any atom is -0.481 e. The fourth-order valence-electron chi connectivity index (χ4n) is 1.48. The lowest BCUT2D eigenvalue weighted by atomic mass is 10.4. The molecule has 0 spiro atoms. The first-order chi connectivity index (χ1) is 10.9. The highest BCUT2D eigenvalue weighted by molar-refractivity contribution is 5.73. The second kappa shape index (κ2) is 25.1. The predicted octanol–water partition coefficient (Wildman–Crippen LogP) is -1.17. The van der Waals surface area contributed by atoms with Crippen LogP contribution in [0, 0.1) is 0 Å². The molecule has 0 aromatic rings. The highest BCUT2D eigenvalue weighted by Gasteiger charge is 2.17. The largest absolute Gasteiger partial charge is 0.481 e. The van der Waals surface area contributed by atoms with E-state index < -0.39 is 56.0 Å². The summed E-state index contributed by atoms with van der Waals surface area (Å²) in [4.78, 5) is 53.4. The van der Waals surface area contributed by atoms with E-state index in [1.165, 1.54) is 0 Å². The van der Waals surface area contributed by atoms with Crippen LogP contribution in [0.4, 0.5) is 0 Å². The lowest BCUT2D eigenvalue weighted by Gasteiger charge is -2.23. The molecule has 0 saturated carbocycles. The van der Waals surface area contributed by atoms with E-state index in [-0.39, 0.29) is 43.8 Å². The molecule has 17 heteroatoms. The zero-order valence-corrected chi connectivity index (χ0v) is 16.4. The summed E-state index contributed by atoms with van der Waals surface area (Å²) in [7, 11) is 0. The van der Waals surface area contributed by atoms with Crippen molar-refractivity contribution >= 4 is 29.8 Å². The summed E-state index contributed by atoms with van der Waals surface area (Å²) in [5.41, 5.74) is 0. The third kappa shape index (κ3) is 40.9. The summed E-state index contributed by atoms with van der Waals surface area (Å²) >= 11 is 0. The zero-order valence-electron chi connectivity index (χ0n) is 16.4. The maximum Gasteiger partial charge on any atom is 0.317 e. The summed E-state index contributed by atoms with van der Waals surface area (Å²) in [5, 5.41) is 41.9. The van der Waals surface area contributed by atoms with Crippen LogP contribution in [0.5, 0.6) is 0 Å². The van der Waals surface area contributed by atoms with Crippen molar-refractivity contribution in [2.45, 2.75) is 6.92 Å². The van der Waals surface area contributed by atoms with Crippen LogP contribution in [0.2, 0.25) is 0 Å². The van der Waals surface area contributed by atoms with Gasteiger partial charge in [-0.25, -0.2) is 0 Å². The molecule has 0 atom stereocenters. The molecule has 20 N–H and O–H groups in total. The van der Waals surface area contributed by atoms with Gasteiger partial charge in [-0.1, -0.05) is 0 Å². The van der Waals surface area contributed by atoms with Crippen LogP contribution >= 0.6 is 0 Å². The minimum absolute atomic E-state index is 0. The van der Waals surface area contributed by atoms with E-state index in [4.69, 9.17) is 30.3 Å². The van der Waals surface area contributed by atoms with E-state index in [0.29, 0.717) is 0 Å². The van der Waals surface area contributed by atoms with Gasteiger partial charge in [0.1, 0.15) is 0 Å². The normalized spacial score (nSPS) is 8.24. The molecule has 0 saturated heterocycles. The highest BCUT2D eigenvalue weighted by atomic mass is 16.4. The fourth-order valence-corrected chi connectivity index (χ4v) is 1.48. The van der Waals surface area contributed by atoms with Gasteiger partial charge in [-0.2, -0.15) is 0 Å². The molecule has 0 bridgehead atoms.